The lowest BCUT2D eigenvalue weighted by Gasteiger charge is -2.15. The summed E-state index contributed by atoms with van der Waals surface area (Å²) >= 11 is 0. The maximum absolute atomic E-state index is 11.6. The van der Waals surface area contributed by atoms with Crippen LogP contribution in [0.2, 0.25) is 0 Å². The van der Waals surface area contributed by atoms with Gasteiger partial charge in [0.05, 0.1) is 6.54 Å². The van der Waals surface area contributed by atoms with Crippen molar-refractivity contribution in [3.8, 4) is 12.3 Å². The number of anilines is 1. The highest BCUT2D eigenvalue weighted by molar-refractivity contribution is 5.94. The summed E-state index contributed by atoms with van der Waals surface area (Å²) in [5.74, 6) is 1.60. The summed E-state index contributed by atoms with van der Waals surface area (Å²) in [6, 6.07) is 6.84. The van der Waals surface area contributed by atoms with Gasteiger partial charge in [-0.1, -0.05) is 12.0 Å². The second-order valence-electron chi connectivity index (χ2n) is 3.68. The summed E-state index contributed by atoms with van der Waals surface area (Å²) < 4.78 is 0. The van der Waals surface area contributed by atoms with Crippen molar-refractivity contribution < 1.29 is 14.7 Å². The standard InChI is InChI=1S/C13H14N2O3/c1-3-10-5-4-6-11(7-10)14-12(17)8-15(2)13(18)9-16/h1,4-7,16H,8-9H2,2H3,(H,14,17). The van der Waals surface area contributed by atoms with Crippen LogP contribution in [0.25, 0.3) is 0 Å². The van der Waals surface area contributed by atoms with Crippen LogP contribution in [0.3, 0.4) is 0 Å². The minimum Gasteiger partial charge on any atom is -0.387 e. The number of likely N-dealkylation sites (N-methyl/N-ethyl adjacent to an activating group) is 1. The molecule has 0 aliphatic carbocycles. The number of rotatable bonds is 4. The van der Waals surface area contributed by atoms with E-state index in [1.165, 1.54) is 7.05 Å². The molecule has 2 amide bonds. The van der Waals surface area contributed by atoms with Crippen LogP contribution in [0.15, 0.2) is 24.3 Å². The van der Waals surface area contributed by atoms with Crippen LogP contribution in [0.5, 0.6) is 0 Å². The Balaban J connectivity index is 2.60. The van der Waals surface area contributed by atoms with Crippen molar-refractivity contribution in [3.63, 3.8) is 0 Å². The van der Waals surface area contributed by atoms with Gasteiger partial charge >= 0.3 is 0 Å². The Hall–Kier alpha value is -2.32. The summed E-state index contributed by atoms with van der Waals surface area (Å²) in [6.45, 7) is -0.740. The molecule has 2 N–H and O–H groups in total. The number of aliphatic hydroxyl groups excluding tert-OH is 1. The van der Waals surface area contributed by atoms with Gasteiger partial charge in [0.2, 0.25) is 11.8 Å². The first-order valence-corrected chi connectivity index (χ1v) is 5.28. The molecule has 0 saturated heterocycles. The van der Waals surface area contributed by atoms with Crippen molar-refractivity contribution in [2.45, 2.75) is 0 Å². The third-order valence-corrected chi connectivity index (χ3v) is 2.25. The molecule has 94 valence electrons. The molecule has 18 heavy (non-hydrogen) atoms. The van der Waals surface area contributed by atoms with E-state index in [4.69, 9.17) is 11.5 Å². The molecule has 0 atom stereocenters. The fourth-order valence-electron chi connectivity index (χ4n) is 1.31. The Morgan fingerprint density at radius 3 is 2.83 bits per heavy atom. The van der Waals surface area contributed by atoms with E-state index in [9.17, 15) is 9.59 Å². The van der Waals surface area contributed by atoms with E-state index in [1.54, 1.807) is 24.3 Å². The first kappa shape index (κ1) is 13.7. The summed E-state index contributed by atoms with van der Waals surface area (Å²) in [7, 11) is 1.44. The Labute approximate surface area is 105 Å². The Kier molecular flexibility index (Phi) is 4.90. The number of carbonyl (C=O) groups is 2. The maximum Gasteiger partial charge on any atom is 0.248 e. The predicted molar refractivity (Wildman–Crippen MR) is 67.7 cm³/mol. The lowest BCUT2D eigenvalue weighted by Crippen LogP contribution is -2.36. The van der Waals surface area contributed by atoms with Gasteiger partial charge in [-0.3, -0.25) is 9.59 Å². The lowest BCUT2D eigenvalue weighted by molar-refractivity contribution is -0.135. The van der Waals surface area contributed by atoms with Crippen molar-refractivity contribution in [1.82, 2.24) is 4.90 Å². The average Bonchev–Trinajstić information content (AvgIpc) is 2.37. The summed E-state index contributed by atoms with van der Waals surface area (Å²) in [5.41, 5.74) is 1.23. The largest absolute Gasteiger partial charge is 0.387 e. The van der Waals surface area contributed by atoms with E-state index in [1.807, 2.05) is 0 Å². The summed E-state index contributed by atoms with van der Waals surface area (Å²) in [5, 5.41) is 11.2. The van der Waals surface area contributed by atoms with Gasteiger partial charge in [0.25, 0.3) is 0 Å². The molecule has 0 spiro atoms. The minimum absolute atomic E-state index is 0.125. The first-order chi connectivity index (χ1) is 8.56. The molecule has 0 fully saturated rings. The zero-order chi connectivity index (χ0) is 13.5. The van der Waals surface area contributed by atoms with Crippen molar-refractivity contribution >= 4 is 17.5 Å². The van der Waals surface area contributed by atoms with Gasteiger partial charge in [-0.05, 0) is 18.2 Å². The first-order valence-electron chi connectivity index (χ1n) is 5.28. The van der Waals surface area contributed by atoms with Crippen molar-refractivity contribution in [3.05, 3.63) is 29.8 Å². The smallest absolute Gasteiger partial charge is 0.248 e. The number of nitrogens with zero attached hydrogens (tertiary/aromatic N) is 1. The molecular formula is C13H14N2O3. The van der Waals surface area contributed by atoms with Gasteiger partial charge in [-0.2, -0.15) is 0 Å². The molecule has 5 nitrogen and oxygen atoms in total. The van der Waals surface area contributed by atoms with Crippen LogP contribution in [-0.2, 0) is 9.59 Å². The highest BCUT2D eigenvalue weighted by Crippen LogP contribution is 2.09. The SMILES string of the molecule is C#Cc1cccc(NC(=O)CN(C)C(=O)CO)c1. The molecule has 0 radical (unpaired) electrons. The molecule has 0 aromatic heterocycles. The zero-order valence-electron chi connectivity index (χ0n) is 10.0. The number of terminal acetylenes is 1. The Morgan fingerprint density at radius 2 is 2.22 bits per heavy atom. The molecule has 0 unspecified atom stereocenters. The molecule has 0 bridgehead atoms. The van der Waals surface area contributed by atoms with Crippen molar-refractivity contribution in [2.24, 2.45) is 0 Å². The van der Waals surface area contributed by atoms with E-state index in [0.717, 1.165) is 4.90 Å². The molecule has 0 saturated carbocycles. The van der Waals surface area contributed by atoms with Gasteiger partial charge in [0.1, 0.15) is 6.61 Å². The number of amides is 2. The van der Waals surface area contributed by atoms with E-state index in [0.29, 0.717) is 11.3 Å². The average molecular weight is 246 g/mol. The summed E-state index contributed by atoms with van der Waals surface area (Å²) in [4.78, 5) is 23.8. The Morgan fingerprint density at radius 1 is 1.50 bits per heavy atom. The van der Waals surface area contributed by atoms with Crippen LogP contribution < -0.4 is 5.32 Å². The molecule has 0 aliphatic heterocycles. The van der Waals surface area contributed by atoms with Crippen LogP contribution in [0, 0.1) is 12.3 Å². The maximum atomic E-state index is 11.6. The number of hydrogen-bond acceptors (Lipinski definition) is 3. The zero-order valence-corrected chi connectivity index (χ0v) is 10.0. The molecule has 5 heteroatoms. The normalized spacial score (nSPS) is 9.39. The van der Waals surface area contributed by atoms with Crippen molar-refractivity contribution in [1.29, 1.82) is 0 Å². The van der Waals surface area contributed by atoms with E-state index < -0.39 is 12.5 Å². The number of benzene rings is 1. The van der Waals surface area contributed by atoms with E-state index >= 15 is 0 Å². The van der Waals surface area contributed by atoms with Gasteiger partial charge < -0.3 is 15.3 Å². The van der Waals surface area contributed by atoms with Gasteiger partial charge in [0.15, 0.2) is 0 Å². The van der Waals surface area contributed by atoms with Crippen LogP contribution in [-0.4, -0.2) is 42.0 Å². The second-order valence-corrected chi connectivity index (χ2v) is 3.68. The lowest BCUT2D eigenvalue weighted by atomic mass is 10.2. The van der Waals surface area contributed by atoms with Crippen LogP contribution >= 0.6 is 0 Å². The molecular weight excluding hydrogens is 232 g/mol. The van der Waals surface area contributed by atoms with Crippen molar-refractivity contribution in [2.75, 3.05) is 25.5 Å². The monoisotopic (exact) mass is 246 g/mol. The highest BCUT2D eigenvalue weighted by Gasteiger charge is 2.11. The minimum atomic E-state index is -0.615. The molecule has 1 aromatic rings. The fourth-order valence-corrected chi connectivity index (χ4v) is 1.31. The molecule has 0 aliphatic rings. The van der Waals surface area contributed by atoms with E-state index in [2.05, 4.69) is 11.2 Å². The summed E-state index contributed by atoms with van der Waals surface area (Å²) in [6.07, 6.45) is 5.24. The van der Waals surface area contributed by atoms with Gasteiger partial charge in [0, 0.05) is 18.3 Å². The van der Waals surface area contributed by atoms with Crippen LogP contribution in [0.4, 0.5) is 5.69 Å². The number of aliphatic hydroxyl groups is 1. The second kappa shape index (κ2) is 6.42. The number of hydrogen-bond donors (Lipinski definition) is 2. The van der Waals surface area contributed by atoms with Gasteiger partial charge in [-0.25, -0.2) is 0 Å². The number of nitrogens with one attached hydrogen (secondary N) is 1. The molecule has 0 heterocycles. The third kappa shape index (κ3) is 3.92. The third-order valence-electron chi connectivity index (χ3n) is 2.25. The van der Waals surface area contributed by atoms with Crippen LogP contribution in [0.1, 0.15) is 5.56 Å². The fraction of sp³-hybridized carbons (Fsp3) is 0.231. The molecule has 1 rings (SSSR count). The molecule has 1 aromatic carbocycles. The van der Waals surface area contributed by atoms with Gasteiger partial charge in [-0.15, -0.1) is 6.42 Å². The quantitative estimate of drug-likeness (QED) is 0.738. The topological polar surface area (TPSA) is 69.6 Å². The Bertz CT molecular complexity index is 491. The predicted octanol–water partition coefficient (Wildman–Crippen LogP) is 0.0571. The van der Waals surface area contributed by atoms with E-state index in [-0.39, 0.29) is 12.5 Å². The highest BCUT2D eigenvalue weighted by atomic mass is 16.3. The number of carbonyl (C=O) groups excluding carboxylic acids is 2.